The Morgan fingerprint density at radius 2 is 1.79 bits per heavy atom. The topological polar surface area (TPSA) is 3.24 Å². The van der Waals surface area contributed by atoms with E-state index in [9.17, 15) is 4.39 Å². The normalized spacial score (nSPS) is 10.5. The molecule has 0 heterocycles. The van der Waals surface area contributed by atoms with Crippen LogP contribution in [-0.4, -0.2) is 7.05 Å². The van der Waals surface area contributed by atoms with Crippen LogP contribution in [0.2, 0.25) is 0 Å². The average Bonchev–Trinajstić information content (AvgIpc) is 2.41. The molecule has 0 spiro atoms. The van der Waals surface area contributed by atoms with Crippen LogP contribution in [0.15, 0.2) is 42.5 Å². The number of rotatable bonds is 4. The Labute approximate surface area is 122 Å². The van der Waals surface area contributed by atoms with Crippen LogP contribution in [0.3, 0.4) is 0 Å². The summed E-state index contributed by atoms with van der Waals surface area (Å²) in [6.45, 7) is 2.89. The summed E-state index contributed by atoms with van der Waals surface area (Å²) < 4.78 is 13.2. The summed E-state index contributed by atoms with van der Waals surface area (Å²) in [5, 5.41) is 0.651. The molecule has 0 fully saturated rings. The lowest BCUT2D eigenvalue weighted by Gasteiger charge is -2.22. The molecule has 2 aromatic carbocycles. The summed E-state index contributed by atoms with van der Waals surface area (Å²) in [7, 11) is 2.03. The number of alkyl halides is 1. The quantitative estimate of drug-likeness (QED) is 0.740. The number of aryl methyl sites for hydroxylation is 1. The van der Waals surface area contributed by atoms with Crippen molar-refractivity contribution in [1.82, 2.24) is 0 Å². The highest BCUT2D eigenvalue weighted by molar-refractivity contribution is 9.08. The minimum Gasteiger partial charge on any atom is -0.370 e. The molecule has 0 bridgehead atoms. The smallest absolute Gasteiger partial charge is 0.123 e. The first-order valence-electron chi connectivity index (χ1n) is 6.21. The number of hydrogen-bond donors (Lipinski definition) is 0. The molecule has 100 valence electrons. The van der Waals surface area contributed by atoms with Gasteiger partial charge in [0.1, 0.15) is 5.82 Å². The van der Waals surface area contributed by atoms with Gasteiger partial charge in [0.25, 0.3) is 0 Å². The van der Waals surface area contributed by atoms with E-state index in [4.69, 9.17) is 0 Å². The summed E-state index contributed by atoms with van der Waals surface area (Å²) in [6, 6.07) is 13.4. The van der Waals surface area contributed by atoms with Crippen molar-refractivity contribution < 1.29 is 4.39 Å². The molecule has 2 aromatic rings. The lowest BCUT2D eigenvalue weighted by molar-refractivity contribution is 0.626. The van der Waals surface area contributed by atoms with Crippen LogP contribution in [0.25, 0.3) is 0 Å². The minimum absolute atomic E-state index is 0.193. The predicted octanol–water partition coefficient (Wildman–Crippen LogP) is 4.67. The van der Waals surface area contributed by atoms with E-state index < -0.39 is 0 Å². The van der Waals surface area contributed by atoms with Crippen molar-refractivity contribution in [2.24, 2.45) is 0 Å². The number of benzene rings is 2. The van der Waals surface area contributed by atoms with Crippen molar-refractivity contribution >= 4 is 21.6 Å². The zero-order chi connectivity index (χ0) is 13.8. The van der Waals surface area contributed by atoms with Crippen LogP contribution >= 0.6 is 15.9 Å². The molecule has 0 aliphatic rings. The molecule has 0 saturated carbocycles. The molecule has 3 heteroatoms. The molecule has 0 atom stereocenters. The first-order valence-corrected chi connectivity index (χ1v) is 7.33. The molecule has 0 N–H and O–H groups in total. The van der Waals surface area contributed by atoms with Gasteiger partial charge in [-0.2, -0.15) is 0 Å². The number of hydrogen-bond acceptors (Lipinski definition) is 1. The zero-order valence-corrected chi connectivity index (χ0v) is 12.7. The highest BCUT2D eigenvalue weighted by Crippen LogP contribution is 2.24. The van der Waals surface area contributed by atoms with E-state index >= 15 is 0 Å². The molecule has 0 aliphatic carbocycles. The lowest BCUT2D eigenvalue weighted by Crippen LogP contribution is -2.17. The third-order valence-electron chi connectivity index (χ3n) is 3.14. The van der Waals surface area contributed by atoms with Crippen molar-refractivity contribution in [1.29, 1.82) is 0 Å². The SMILES string of the molecule is Cc1ccc(CN(C)c2ccc(F)cc2CBr)cc1. The summed E-state index contributed by atoms with van der Waals surface area (Å²) >= 11 is 3.41. The molecule has 2 rings (SSSR count). The van der Waals surface area contributed by atoms with Gasteiger partial charge in [-0.1, -0.05) is 45.8 Å². The van der Waals surface area contributed by atoms with E-state index in [1.165, 1.54) is 17.2 Å². The van der Waals surface area contributed by atoms with Crippen LogP contribution in [-0.2, 0) is 11.9 Å². The van der Waals surface area contributed by atoms with Crippen molar-refractivity contribution in [3.63, 3.8) is 0 Å². The summed E-state index contributed by atoms with van der Waals surface area (Å²) in [4.78, 5) is 2.14. The first kappa shape index (κ1) is 14.1. The van der Waals surface area contributed by atoms with Gasteiger partial charge in [-0.05, 0) is 36.2 Å². The molecule has 0 radical (unpaired) electrons. The largest absolute Gasteiger partial charge is 0.370 e. The first-order chi connectivity index (χ1) is 9.10. The molecule has 0 amide bonds. The van der Waals surface area contributed by atoms with Crippen molar-refractivity contribution in [2.45, 2.75) is 18.8 Å². The van der Waals surface area contributed by atoms with Gasteiger partial charge < -0.3 is 4.90 Å². The fourth-order valence-electron chi connectivity index (χ4n) is 2.09. The third kappa shape index (κ3) is 3.57. The Morgan fingerprint density at radius 1 is 1.11 bits per heavy atom. The van der Waals surface area contributed by atoms with Crippen molar-refractivity contribution in [3.05, 3.63) is 65.0 Å². The molecule has 0 aliphatic heterocycles. The second kappa shape index (κ2) is 6.20. The molecule has 0 saturated heterocycles. The number of anilines is 1. The zero-order valence-electron chi connectivity index (χ0n) is 11.2. The summed E-state index contributed by atoms with van der Waals surface area (Å²) in [5.74, 6) is -0.193. The van der Waals surface area contributed by atoms with E-state index in [2.05, 4.69) is 52.0 Å². The van der Waals surface area contributed by atoms with Crippen LogP contribution in [0.5, 0.6) is 0 Å². The van der Waals surface area contributed by atoms with Crippen LogP contribution < -0.4 is 4.90 Å². The summed E-state index contributed by atoms with van der Waals surface area (Å²) in [6.07, 6.45) is 0. The Morgan fingerprint density at radius 3 is 2.42 bits per heavy atom. The highest BCUT2D eigenvalue weighted by atomic mass is 79.9. The highest BCUT2D eigenvalue weighted by Gasteiger charge is 2.08. The van der Waals surface area contributed by atoms with Crippen LogP contribution in [0, 0.1) is 12.7 Å². The van der Waals surface area contributed by atoms with E-state index in [-0.39, 0.29) is 5.82 Å². The van der Waals surface area contributed by atoms with Crippen LogP contribution in [0.1, 0.15) is 16.7 Å². The monoisotopic (exact) mass is 321 g/mol. The molecule has 1 nitrogen and oxygen atoms in total. The second-order valence-electron chi connectivity index (χ2n) is 4.75. The van der Waals surface area contributed by atoms with E-state index in [0.29, 0.717) is 5.33 Å². The van der Waals surface area contributed by atoms with Crippen LogP contribution in [0.4, 0.5) is 10.1 Å². The van der Waals surface area contributed by atoms with Crippen molar-refractivity contribution in [3.8, 4) is 0 Å². The van der Waals surface area contributed by atoms with E-state index in [1.54, 1.807) is 6.07 Å². The molecule has 19 heavy (non-hydrogen) atoms. The third-order valence-corrected chi connectivity index (χ3v) is 3.74. The molecule has 0 aromatic heterocycles. The number of nitrogens with zero attached hydrogens (tertiary/aromatic N) is 1. The van der Waals surface area contributed by atoms with Gasteiger partial charge in [0.05, 0.1) is 0 Å². The maximum Gasteiger partial charge on any atom is 0.123 e. The predicted molar refractivity (Wildman–Crippen MR) is 82.3 cm³/mol. The Kier molecular flexibility index (Phi) is 4.59. The molecule has 0 unspecified atom stereocenters. The maximum atomic E-state index is 13.2. The van der Waals surface area contributed by atoms with Gasteiger partial charge in [-0.3, -0.25) is 0 Å². The summed E-state index contributed by atoms with van der Waals surface area (Å²) in [5.41, 5.74) is 4.53. The van der Waals surface area contributed by atoms with Gasteiger partial charge in [-0.15, -0.1) is 0 Å². The second-order valence-corrected chi connectivity index (χ2v) is 5.31. The Hall–Kier alpha value is -1.35. The van der Waals surface area contributed by atoms with Gasteiger partial charge in [-0.25, -0.2) is 4.39 Å². The van der Waals surface area contributed by atoms with Gasteiger partial charge in [0.15, 0.2) is 0 Å². The lowest BCUT2D eigenvalue weighted by atomic mass is 10.1. The maximum absolute atomic E-state index is 13.2. The molecular formula is C16H17BrFN. The van der Waals surface area contributed by atoms with E-state index in [1.807, 2.05) is 13.1 Å². The molecular weight excluding hydrogens is 305 g/mol. The fourth-order valence-corrected chi connectivity index (χ4v) is 2.54. The average molecular weight is 322 g/mol. The minimum atomic E-state index is -0.193. The van der Waals surface area contributed by atoms with Gasteiger partial charge in [0, 0.05) is 24.6 Å². The van der Waals surface area contributed by atoms with E-state index in [0.717, 1.165) is 17.8 Å². The van der Waals surface area contributed by atoms with Gasteiger partial charge >= 0.3 is 0 Å². The van der Waals surface area contributed by atoms with Crippen molar-refractivity contribution in [2.75, 3.05) is 11.9 Å². The van der Waals surface area contributed by atoms with Gasteiger partial charge in [0.2, 0.25) is 0 Å². The number of halogens is 2. The fraction of sp³-hybridized carbons (Fsp3) is 0.250. The Bertz CT molecular complexity index is 551. The Balaban J connectivity index is 2.19. The standard InChI is InChI=1S/C16H17BrFN/c1-12-3-5-13(6-4-12)11-19(2)16-8-7-15(18)9-14(16)10-17/h3-9H,10-11H2,1-2H3.